The van der Waals surface area contributed by atoms with Gasteiger partial charge in [0.25, 0.3) is 0 Å². The highest BCUT2D eigenvalue weighted by Crippen LogP contribution is 2.50. The van der Waals surface area contributed by atoms with Gasteiger partial charge in [-0.05, 0) is 37.5 Å². The second-order valence-corrected chi connectivity index (χ2v) is 5.18. The van der Waals surface area contributed by atoms with Crippen molar-refractivity contribution in [3.05, 3.63) is 34.9 Å². The van der Waals surface area contributed by atoms with Crippen LogP contribution in [0, 0.1) is 0 Å². The zero-order valence-corrected chi connectivity index (χ0v) is 9.66. The number of aliphatic carboxylic acids is 1. The molecule has 0 bridgehead atoms. The van der Waals surface area contributed by atoms with E-state index in [2.05, 4.69) is 0 Å². The fraction of sp³-hybridized carbons (Fsp3) is 0.417. The summed E-state index contributed by atoms with van der Waals surface area (Å²) < 4.78 is 0. The molecule has 0 aliphatic heterocycles. The summed E-state index contributed by atoms with van der Waals surface area (Å²) in [5, 5.41) is 19.6. The van der Waals surface area contributed by atoms with Gasteiger partial charge < -0.3 is 10.2 Å². The molecular formula is C12H13ClO3. The van der Waals surface area contributed by atoms with Crippen LogP contribution >= 0.6 is 11.6 Å². The maximum atomic E-state index is 11.3. The number of carboxylic acid groups (broad SMARTS) is 1. The number of carbonyl (C=O) groups is 1. The molecule has 1 aromatic rings. The molecule has 0 atom stereocenters. The van der Waals surface area contributed by atoms with E-state index in [9.17, 15) is 15.0 Å². The first-order valence-electron chi connectivity index (χ1n) is 5.08. The monoisotopic (exact) mass is 240 g/mol. The summed E-state index contributed by atoms with van der Waals surface area (Å²) in [6.07, 6.45) is 0.494. The molecule has 0 amide bonds. The minimum absolute atomic E-state index is 0.247. The number of hydrogen-bond acceptors (Lipinski definition) is 2. The molecule has 86 valence electrons. The van der Waals surface area contributed by atoms with Gasteiger partial charge in [-0.1, -0.05) is 23.7 Å². The summed E-state index contributed by atoms with van der Waals surface area (Å²) in [6, 6.07) is 6.78. The molecule has 0 spiro atoms. The lowest BCUT2D eigenvalue weighted by Crippen LogP contribution is -2.57. The highest BCUT2D eigenvalue weighted by atomic mass is 35.5. The number of halogens is 1. The Kier molecular flexibility index (Phi) is 2.48. The lowest BCUT2D eigenvalue weighted by Gasteiger charge is -2.49. The Morgan fingerprint density at radius 3 is 2.19 bits per heavy atom. The fourth-order valence-corrected chi connectivity index (χ4v) is 2.62. The average molecular weight is 241 g/mol. The van der Waals surface area contributed by atoms with Gasteiger partial charge in [0, 0.05) is 5.02 Å². The van der Waals surface area contributed by atoms with Crippen LogP contribution in [0.3, 0.4) is 0 Å². The lowest BCUT2D eigenvalue weighted by molar-refractivity contribution is -0.162. The molecule has 0 unspecified atom stereocenters. The van der Waals surface area contributed by atoms with Crippen molar-refractivity contribution in [3.8, 4) is 0 Å². The van der Waals surface area contributed by atoms with Crippen molar-refractivity contribution in [2.75, 3.05) is 0 Å². The topological polar surface area (TPSA) is 57.5 Å². The van der Waals surface area contributed by atoms with Crippen LogP contribution in [0.1, 0.15) is 25.3 Å². The van der Waals surface area contributed by atoms with E-state index >= 15 is 0 Å². The first-order chi connectivity index (χ1) is 7.36. The first kappa shape index (κ1) is 11.4. The average Bonchev–Trinajstić information content (AvgIpc) is 2.14. The summed E-state index contributed by atoms with van der Waals surface area (Å²) in [7, 11) is 0. The highest BCUT2D eigenvalue weighted by Gasteiger charge is 2.57. The van der Waals surface area contributed by atoms with Crippen LogP contribution in [0.15, 0.2) is 24.3 Å². The molecule has 0 radical (unpaired) electrons. The Morgan fingerprint density at radius 1 is 1.31 bits per heavy atom. The standard InChI is InChI=1S/C12H13ClO3/c1-11(16)6-12(7-11,10(14)15)8-2-4-9(13)5-3-8/h2-5,16H,6-7H2,1H3,(H,14,15). The third-order valence-corrected chi connectivity index (χ3v) is 3.42. The molecule has 0 heterocycles. The van der Waals surface area contributed by atoms with E-state index in [1.54, 1.807) is 31.2 Å². The molecule has 1 aliphatic carbocycles. The molecular weight excluding hydrogens is 228 g/mol. The normalized spacial score (nSPS) is 33.2. The quantitative estimate of drug-likeness (QED) is 0.833. The minimum Gasteiger partial charge on any atom is -0.481 e. The van der Waals surface area contributed by atoms with Gasteiger partial charge in [0.05, 0.1) is 11.0 Å². The highest BCUT2D eigenvalue weighted by molar-refractivity contribution is 6.30. The van der Waals surface area contributed by atoms with Crippen molar-refractivity contribution in [1.29, 1.82) is 0 Å². The molecule has 3 nitrogen and oxygen atoms in total. The minimum atomic E-state index is -0.950. The number of aliphatic hydroxyl groups is 1. The van der Waals surface area contributed by atoms with Gasteiger partial charge in [0.2, 0.25) is 0 Å². The third kappa shape index (κ3) is 1.70. The van der Waals surface area contributed by atoms with E-state index in [1.807, 2.05) is 0 Å². The van der Waals surface area contributed by atoms with Crippen molar-refractivity contribution in [2.24, 2.45) is 0 Å². The number of rotatable bonds is 2. The van der Waals surface area contributed by atoms with Crippen molar-refractivity contribution in [3.63, 3.8) is 0 Å². The van der Waals surface area contributed by atoms with Crippen LogP contribution < -0.4 is 0 Å². The maximum absolute atomic E-state index is 11.3. The smallest absolute Gasteiger partial charge is 0.314 e. The summed E-state index contributed by atoms with van der Waals surface area (Å²) in [4.78, 5) is 11.3. The largest absolute Gasteiger partial charge is 0.481 e. The molecule has 0 aromatic heterocycles. The Bertz CT molecular complexity index is 414. The van der Waals surface area contributed by atoms with Gasteiger partial charge in [0.15, 0.2) is 0 Å². The van der Waals surface area contributed by atoms with Crippen LogP contribution in [0.5, 0.6) is 0 Å². The predicted octanol–water partition coefficient (Wildman–Crippen LogP) is 2.21. The molecule has 1 aromatic carbocycles. The lowest BCUT2D eigenvalue weighted by atomic mass is 9.57. The van der Waals surface area contributed by atoms with Crippen molar-refractivity contribution in [1.82, 2.24) is 0 Å². The number of hydrogen-bond donors (Lipinski definition) is 2. The van der Waals surface area contributed by atoms with Gasteiger partial charge in [-0.3, -0.25) is 4.79 Å². The Morgan fingerprint density at radius 2 is 1.81 bits per heavy atom. The van der Waals surface area contributed by atoms with E-state index in [4.69, 9.17) is 11.6 Å². The molecule has 2 rings (SSSR count). The second-order valence-electron chi connectivity index (χ2n) is 4.74. The van der Waals surface area contributed by atoms with Gasteiger partial charge >= 0.3 is 5.97 Å². The van der Waals surface area contributed by atoms with Gasteiger partial charge in [-0.25, -0.2) is 0 Å². The third-order valence-electron chi connectivity index (χ3n) is 3.17. The SMILES string of the molecule is CC1(O)CC(C(=O)O)(c2ccc(Cl)cc2)C1. The van der Waals surface area contributed by atoms with Crippen LogP contribution in [0.25, 0.3) is 0 Å². The maximum Gasteiger partial charge on any atom is 0.314 e. The first-order valence-corrected chi connectivity index (χ1v) is 5.45. The fourth-order valence-electron chi connectivity index (χ4n) is 2.50. The molecule has 1 fully saturated rings. The van der Waals surface area contributed by atoms with Crippen LogP contribution in [0.4, 0.5) is 0 Å². The number of carboxylic acids is 1. The van der Waals surface area contributed by atoms with E-state index in [0.717, 1.165) is 0 Å². The zero-order chi connectivity index (χ0) is 12.0. The second kappa shape index (κ2) is 3.47. The van der Waals surface area contributed by atoms with Gasteiger partial charge in [0.1, 0.15) is 0 Å². The Labute approximate surface area is 98.7 Å². The van der Waals surface area contributed by atoms with Gasteiger partial charge in [-0.15, -0.1) is 0 Å². The molecule has 1 aliphatic rings. The van der Waals surface area contributed by atoms with E-state index < -0.39 is 17.0 Å². The van der Waals surface area contributed by atoms with Crippen LogP contribution in [0.2, 0.25) is 5.02 Å². The predicted molar refractivity (Wildman–Crippen MR) is 60.6 cm³/mol. The molecule has 4 heteroatoms. The molecule has 16 heavy (non-hydrogen) atoms. The van der Waals surface area contributed by atoms with Crippen molar-refractivity contribution >= 4 is 17.6 Å². The van der Waals surface area contributed by atoms with E-state index in [0.29, 0.717) is 10.6 Å². The summed E-state index contributed by atoms with van der Waals surface area (Å²) >= 11 is 5.76. The summed E-state index contributed by atoms with van der Waals surface area (Å²) in [5.74, 6) is -0.888. The van der Waals surface area contributed by atoms with Crippen LogP contribution in [-0.4, -0.2) is 21.8 Å². The summed E-state index contributed by atoms with van der Waals surface area (Å²) in [6.45, 7) is 1.66. The number of benzene rings is 1. The van der Waals surface area contributed by atoms with E-state index in [-0.39, 0.29) is 12.8 Å². The van der Waals surface area contributed by atoms with Crippen molar-refractivity contribution in [2.45, 2.75) is 30.8 Å². The van der Waals surface area contributed by atoms with Crippen molar-refractivity contribution < 1.29 is 15.0 Å². The van der Waals surface area contributed by atoms with Gasteiger partial charge in [-0.2, -0.15) is 0 Å². The van der Waals surface area contributed by atoms with Crippen LogP contribution in [-0.2, 0) is 10.2 Å². The summed E-state index contributed by atoms with van der Waals surface area (Å²) in [5.41, 5.74) is -1.12. The Balaban J connectivity index is 2.36. The Hall–Kier alpha value is -1.06. The molecule has 2 N–H and O–H groups in total. The zero-order valence-electron chi connectivity index (χ0n) is 8.90. The molecule has 0 saturated heterocycles. The molecule has 1 saturated carbocycles. The van der Waals surface area contributed by atoms with E-state index in [1.165, 1.54) is 0 Å².